The molecule has 1 saturated carbocycles. The van der Waals surface area contributed by atoms with Crippen LogP contribution < -0.4 is 5.32 Å². The monoisotopic (exact) mass is 257 g/mol. The predicted octanol–water partition coefficient (Wildman–Crippen LogP) is 2.85. The Hall–Kier alpha value is -0.450. The van der Waals surface area contributed by atoms with Gasteiger partial charge in [0.25, 0.3) is 0 Å². The standard InChI is InChI=1S/C10H15ClF3NO/c11-6-7-2-1-3-8(7)15-9(16)4-5-10(12,13)14/h7-8H,1-6H2,(H,15,16). The summed E-state index contributed by atoms with van der Waals surface area (Å²) in [6.45, 7) is 0. The van der Waals surface area contributed by atoms with E-state index in [2.05, 4.69) is 5.32 Å². The number of amides is 1. The van der Waals surface area contributed by atoms with Crippen LogP contribution in [-0.4, -0.2) is 24.0 Å². The lowest BCUT2D eigenvalue weighted by molar-refractivity contribution is -0.144. The number of hydrogen-bond donors (Lipinski definition) is 1. The zero-order valence-electron chi connectivity index (χ0n) is 8.82. The lowest BCUT2D eigenvalue weighted by Gasteiger charge is -2.19. The van der Waals surface area contributed by atoms with E-state index < -0.39 is 24.9 Å². The van der Waals surface area contributed by atoms with E-state index in [1.165, 1.54) is 0 Å². The molecule has 1 aliphatic rings. The molecule has 0 radical (unpaired) electrons. The van der Waals surface area contributed by atoms with Crippen molar-refractivity contribution in [2.75, 3.05) is 5.88 Å². The van der Waals surface area contributed by atoms with E-state index in [0.717, 1.165) is 19.3 Å². The fourth-order valence-electron chi connectivity index (χ4n) is 1.95. The van der Waals surface area contributed by atoms with Crippen molar-refractivity contribution in [3.8, 4) is 0 Å². The van der Waals surface area contributed by atoms with Crippen LogP contribution in [0.5, 0.6) is 0 Å². The number of alkyl halides is 4. The van der Waals surface area contributed by atoms with Crippen molar-refractivity contribution in [3.63, 3.8) is 0 Å². The Bertz CT molecular complexity index is 245. The van der Waals surface area contributed by atoms with E-state index in [1.54, 1.807) is 0 Å². The van der Waals surface area contributed by atoms with E-state index in [9.17, 15) is 18.0 Å². The molecule has 1 aliphatic carbocycles. The Morgan fingerprint density at radius 3 is 2.62 bits per heavy atom. The fraction of sp³-hybridized carbons (Fsp3) is 0.900. The molecule has 1 N–H and O–H groups in total. The third-order valence-corrected chi connectivity index (χ3v) is 3.24. The molecule has 2 atom stereocenters. The fourth-order valence-corrected chi connectivity index (χ4v) is 2.32. The second-order valence-corrected chi connectivity index (χ2v) is 4.44. The summed E-state index contributed by atoms with van der Waals surface area (Å²) in [6.07, 6.45) is -3.09. The first kappa shape index (κ1) is 13.6. The first-order chi connectivity index (χ1) is 7.42. The summed E-state index contributed by atoms with van der Waals surface area (Å²) in [7, 11) is 0. The summed E-state index contributed by atoms with van der Waals surface area (Å²) in [5.41, 5.74) is 0. The molecule has 94 valence electrons. The predicted molar refractivity (Wildman–Crippen MR) is 55.3 cm³/mol. The molecule has 0 spiro atoms. The molecule has 2 nitrogen and oxygen atoms in total. The van der Waals surface area contributed by atoms with Crippen LogP contribution in [0.25, 0.3) is 0 Å². The summed E-state index contributed by atoms with van der Waals surface area (Å²) in [5, 5.41) is 2.63. The van der Waals surface area contributed by atoms with Gasteiger partial charge in [-0.3, -0.25) is 4.79 Å². The van der Waals surface area contributed by atoms with Crippen molar-refractivity contribution >= 4 is 17.5 Å². The van der Waals surface area contributed by atoms with Crippen molar-refractivity contribution < 1.29 is 18.0 Å². The summed E-state index contributed by atoms with van der Waals surface area (Å²) >= 11 is 5.70. The maximum absolute atomic E-state index is 11.9. The molecule has 1 rings (SSSR count). The highest BCUT2D eigenvalue weighted by Crippen LogP contribution is 2.27. The van der Waals surface area contributed by atoms with Crippen molar-refractivity contribution in [1.29, 1.82) is 0 Å². The van der Waals surface area contributed by atoms with Crippen LogP contribution in [0.2, 0.25) is 0 Å². The minimum Gasteiger partial charge on any atom is -0.353 e. The number of rotatable bonds is 4. The molecule has 1 amide bonds. The van der Waals surface area contributed by atoms with Gasteiger partial charge in [-0.05, 0) is 18.8 Å². The van der Waals surface area contributed by atoms with Crippen LogP contribution in [-0.2, 0) is 4.79 Å². The number of hydrogen-bond acceptors (Lipinski definition) is 1. The van der Waals surface area contributed by atoms with Gasteiger partial charge in [0.2, 0.25) is 5.91 Å². The van der Waals surface area contributed by atoms with E-state index in [1.807, 2.05) is 0 Å². The summed E-state index contributed by atoms with van der Waals surface area (Å²) in [4.78, 5) is 11.3. The molecule has 0 aromatic rings. The van der Waals surface area contributed by atoms with Gasteiger partial charge in [-0.15, -0.1) is 11.6 Å². The van der Waals surface area contributed by atoms with Gasteiger partial charge >= 0.3 is 6.18 Å². The van der Waals surface area contributed by atoms with Gasteiger partial charge in [0, 0.05) is 18.3 Å². The van der Waals surface area contributed by atoms with Crippen molar-refractivity contribution in [3.05, 3.63) is 0 Å². The second kappa shape index (κ2) is 5.75. The lowest BCUT2D eigenvalue weighted by atomic mass is 10.1. The minimum absolute atomic E-state index is 0.0433. The van der Waals surface area contributed by atoms with Gasteiger partial charge in [0.15, 0.2) is 0 Å². The Balaban J connectivity index is 2.28. The Kier molecular flexibility index (Phi) is 4.89. The smallest absolute Gasteiger partial charge is 0.353 e. The van der Waals surface area contributed by atoms with Crippen LogP contribution in [0, 0.1) is 5.92 Å². The highest BCUT2D eigenvalue weighted by Gasteiger charge is 2.30. The first-order valence-electron chi connectivity index (χ1n) is 5.34. The average Bonchev–Trinajstić information content (AvgIpc) is 2.61. The summed E-state index contributed by atoms with van der Waals surface area (Å²) in [6, 6.07) is -0.0433. The van der Waals surface area contributed by atoms with Crippen LogP contribution in [0.4, 0.5) is 13.2 Å². The lowest BCUT2D eigenvalue weighted by Crippen LogP contribution is -2.38. The molecule has 0 saturated heterocycles. The van der Waals surface area contributed by atoms with Crippen LogP contribution in [0.15, 0.2) is 0 Å². The van der Waals surface area contributed by atoms with E-state index in [4.69, 9.17) is 11.6 Å². The number of halogens is 4. The Labute approximate surface area is 97.5 Å². The highest BCUT2D eigenvalue weighted by atomic mass is 35.5. The molecule has 0 aliphatic heterocycles. The van der Waals surface area contributed by atoms with Gasteiger partial charge in [0.1, 0.15) is 0 Å². The molecule has 0 aromatic heterocycles. The maximum Gasteiger partial charge on any atom is 0.389 e. The molecule has 0 aromatic carbocycles. The van der Waals surface area contributed by atoms with E-state index >= 15 is 0 Å². The summed E-state index contributed by atoms with van der Waals surface area (Å²) < 4.78 is 35.6. The highest BCUT2D eigenvalue weighted by molar-refractivity contribution is 6.18. The SMILES string of the molecule is O=C(CCC(F)(F)F)NC1CCCC1CCl. The Morgan fingerprint density at radius 1 is 1.38 bits per heavy atom. The third kappa shape index (κ3) is 4.60. The van der Waals surface area contributed by atoms with E-state index in [0.29, 0.717) is 5.88 Å². The van der Waals surface area contributed by atoms with Gasteiger partial charge in [-0.25, -0.2) is 0 Å². The molecular formula is C10H15ClF3NO. The topological polar surface area (TPSA) is 29.1 Å². The van der Waals surface area contributed by atoms with Crippen LogP contribution in [0.1, 0.15) is 32.1 Å². The average molecular weight is 258 g/mol. The summed E-state index contributed by atoms with van der Waals surface area (Å²) in [5.74, 6) is 0.125. The first-order valence-corrected chi connectivity index (χ1v) is 5.88. The maximum atomic E-state index is 11.9. The molecule has 6 heteroatoms. The van der Waals surface area contributed by atoms with Crippen LogP contribution in [0.3, 0.4) is 0 Å². The normalized spacial score (nSPS) is 25.8. The molecule has 1 fully saturated rings. The van der Waals surface area contributed by atoms with Gasteiger partial charge in [-0.1, -0.05) is 6.42 Å². The molecule has 2 unspecified atom stereocenters. The van der Waals surface area contributed by atoms with Gasteiger partial charge in [0.05, 0.1) is 6.42 Å². The zero-order valence-corrected chi connectivity index (χ0v) is 9.57. The van der Waals surface area contributed by atoms with Gasteiger partial charge in [-0.2, -0.15) is 13.2 Å². The van der Waals surface area contributed by atoms with Crippen LogP contribution >= 0.6 is 11.6 Å². The Morgan fingerprint density at radius 2 is 2.06 bits per heavy atom. The quantitative estimate of drug-likeness (QED) is 0.771. The number of carbonyl (C=O) groups excluding carboxylic acids is 1. The molecular weight excluding hydrogens is 243 g/mol. The van der Waals surface area contributed by atoms with E-state index in [-0.39, 0.29) is 12.0 Å². The largest absolute Gasteiger partial charge is 0.389 e. The molecule has 16 heavy (non-hydrogen) atoms. The van der Waals surface area contributed by atoms with Gasteiger partial charge < -0.3 is 5.32 Å². The minimum atomic E-state index is -4.26. The number of carbonyl (C=O) groups is 1. The van der Waals surface area contributed by atoms with Crippen molar-refractivity contribution in [2.24, 2.45) is 5.92 Å². The zero-order chi connectivity index (χ0) is 12.2. The third-order valence-electron chi connectivity index (χ3n) is 2.84. The second-order valence-electron chi connectivity index (χ2n) is 4.13. The number of nitrogens with one attached hydrogen (secondary N) is 1. The van der Waals surface area contributed by atoms with Crippen molar-refractivity contribution in [1.82, 2.24) is 5.32 Å². The molecule has 0 bridgehead atoms. The molecule has 0 heterocycles. The van der Waals surface area contributed by atoms with Crippen molar-refractivity contribution in [2.45, 2.75) is 44.3 Å².